The number of guanidine groups is 4. The van der Waals surface area contributed by atoms with Gasteiger partial charge in [0, 0.05) is 26.0 Å². The Morgan fingerprint density at radius 1 is 0.537 bits per heavy atom. The molecule has 2 aromatic rings. The number of primary amides is 1. The van der Waals surface area contributed by atoms with E-state index >= 15 is 0 Å². The SMILES string of the molecule is CN(C)c1ccc(C=CC=CC=NC(O)C(=O)NC(C(=O)NC(N=C(N)N)C(=O)NC(N=C(N)N)C(=O)NC(N=C(N)N)C(=O)NC(N=C(N)N)C(=O)NC(N)C(N)=O)c2ccccc2)cc1. The van der Waals surface area contributed by atoms with E-state index in [0.717, 1.165) is 17.5 Å². The number of rotatable bonds is 23. The van der Waals surface area contributed by atoms with Crippen molar-refractivity contribution in [2.24, 2.45) is 82.3 Å². The van der Waals surface area contributed by atoms with Crippen LogP contribution in [0.25, 0.3) is 6.08 Å². The smallest absolute Gasteiger partial charge is 0.272 e. The molecule has 0 spiro atoms. The fourth-order valence-corrected chi connectivity index (χ4v) is 4.91. The van der Waals surface area contributed by atoms with Crippen LogP contribution in [0, 0.1) is 0 Å². The van der Waals surface area contributed by atoms with Crippen molar-refractivity contribution in [3.63, 3.8) is 0 Å². The molecule has 7 amide bonds. The van der Waals surface area contributed by atoms with E-state index in [-0.39, 0.29) is 5.56 Å². The highest BCUT2D eigenvalue weighted by Gasteiger charge is 2.34. The Kier molecular flexibility index (Phi) is 21.2. The largest absolute Gasteiger partial charge is 0.378 e. The van der Waals surface area contributed by atoms with Crippen LogP contribution in [0.15, 0.2) is 97.8 Å². The second-order valence-electron chi connectivity index (χ2n) is 13.5. The van der Waals surface area contributed by atoms with Gasteiger partial charge in [-0.15, -0.1) is 0 Å². The molecular formula is C37H54N22O8. The maximum Gasteiger partial charge on any atom is 0.272 e. The Morgan fingerprint density at radius 2 is 0.955 bits per heavy atom. The third-order valence-corrected chi connectivity index (χ3v) is 7.98. The Balaban J connectivity index is 2.32. The molecule has 0 radical (unpaired) electrons. The van der Waals surface area contributed by atoms with E-state index in [4.69, 9.17) is 57.3 Å². The van der Waals surface area contributed by atoms with Crippen LogP contribution in [0.4, 0.5) is 5.69 Å². The number of aliphatic imine (C=N–C) groups is 5. The van der Waals surface area contributed by atoms with Crippen molar-refractivity contribution in [1.29, 1.82) is 0 Å². The molecule has 2 aromatic carbocycles. The standard InChI is InChI=1S/C37H54N22O8/c1-59(2)19-14-12-17(13-15-19)9-5-4-8-16-48-32(66)33(67)49-20(18-10-6-3-7-11-18)27(61)51-24(56-35(42)43)29(63)53-26(58-37(46)47)31(65)54-25(57-36(44)45)30(64)52-23(55-34(40)41)28(62)50-21(38)22(39)60/h3-16,20-21,23-26,32,66H,38H2,1-2H3,(H2,39,60)(H,49,67)(H,50,62)(H,51,61)(H,52,64)(H,53,63)(H,54,65)(H4,40,41,55)(H4,42,43,56)(H4,44,45,57)(H4,46,47,58). The first-order chi connectivity index (χ1) is 31.5. The summed E-state index contributed by atoms with van der Waals surface area (Å²) >= 11 is 0. The van der Waals surface area contributed by atoms with Gasteiger partial charge in [-0.3, -0.25) is 38.6 Å². The van der Waals surface area contributed by atoms with Crippen molar-refractivity contribution >= 4 is 83.2 Å². The average Bonchev–Trinajstić information content (AvgIpc) is 3.25. The van der Waals surface area contributed by atoms with Crippen molar-refractivity contribution in [2.45, 2.75) is 43.1 Å². The number of hydrogen-bond donors (Lipinski definition) is 17. The Bertz CT molecular complexity index is 2280. The van der Waals surface area contributed by atoms with E-state index in [0.29, 0.717) is 0 Å². The van der Waals surface area contributed by atoms with Crippen molar-refractivity contribution in [3.05, 3.63) is 84.0 Å². The van der Waals surface area contributed by atoms with Gasteiger partial charge >= 0.3 is 0 Å². The second-order valence-corrected chi connectivity index (χ2v) is 13.5. The van der Waals surface area contributed by atoms with E-state index in [2.05, 4.69) is 40.9 Å². The van der Waals surface area contributed by atoms with Gasteiger partial charge in [0.05, 0.1) is 0 Å². The van der Waals surface area contributed by atoms with Crippen LogP contribution in [0.5, 0.6) is 0 Å². The van der Waals surface area contributed by atoms with Crippen LogP contribution >= 0.6 is 0 Å². The number of aliphatic hydroxyl groups is 1. The lowest BCUT2D eigenvalue weighted by molar-refractivity contribution is -0.136. The van der Waals surface area contributed by atoms with Gasteiger partial charge in [0.15, 0.2) is 30.0 Å². The molecule has 0 saturated carbocycles. The lowest BCUT2D eigenvalue weighted by Crippen LogP contribution is -2.60. The highest BCUT2D eigenvalue weighted by Crippen LogP contribution is 2.15. The molecule has 360 valence electrons. The van der Waals surface area contributed by atoms with Gasteiger partial charge in [-0.05, 0) is 29.3 Å². The molecule has 7 unspecified atom stereocenters. The second kappa shape index (κ2) is 26.3. The van der Waals surface area contributed by atoms with Crippen LogP contribution in [-0.2, 0) is 33.6 Å². The fourth-order valence-electron chi connectivity index (χ4n) is 4.91. The van der Waals surface area contributed by atoms with E-state index in [1.54, 1.807) is 18.2 Å². The summed E-state index contributed by atoms with van der Waals surface area (Å²) in [5, 5.41) is 23.0. The first-order valence-corrected chi connectivity index (χ1v) is 19.1. The summed E-state index contributed by atoms with van der Waals surface area (Å²) in [6, 6.07) is 13.6. The molecule has 0 aliphatic rings. The molecule has 30 heteroatoms. The number of anilines is 1. The molecular weight excluding hydrogens is 881 g/mol. The minimum atomic E-state index is -2.18. The number of nitrogens with one attached hydrogen (secondary N) is 6. The third kappa shape index (κ3) is 19.3. The summed E-state index contributed by atoms with van der Waals surface area (Å²) in [5.41, 5.74) is 56.2. The van der Waals surface area contributed by atoms with Crippen molar-refractivity contribution < 1.29 is 38.7 Å². The summed E-state index contributed by atoms with van der Waals surface area (Å²) in [5.74, 6) is -12.0. The minimum absolute atomic E-state index is 0.147. The molecule has 0 aliphatic heterocycles. The van der Waals surface area contributed by atoms with Gasteiger partial charge in [0.2, 0.25) is 36.8 Å². The molecule has 2 rings (SSSR count). The quantitative estimate of drug-likeness (QED) is 0.0213. The number of nitrogens with two attached hydrogens (primary N) is 10. The molecule has 0 aromatic heterocycles. The molecule has 0 aliphatic carbocycles. The number of carbonyl (C=O) groups is 7. The van der Waals surface area contributed by atoms with Crippen LogP contribution in [-0.4, -0.2) is 128 Å². The van der Waals surface area contributed by atoms with Crippen LogP contribution in [0.1, 0.15) is 17.2 Å². The van der Waals surface area contributed by atoms with Gasteiger partial charge in [0.25, 0.3) is 35.4 Å². The fraction of sp³-hybridized carbons (Fsp3) is 0.243. The first-order valence-electron chi connectivity index (χ1n) is 19.1. The lowest BCUT2D eigenvalue weighted by Gasteiger charge is -2.24. The van der Waals surface area contributed by atoms with Gasteiger partial charge in [0.1, 0.15) is 6.04 Å². The van der Waals surface area contributed by atoms with E-state index < -0.39 is 108 Å². The zero-order chi connectivity index (χ0) is 50.4. The average molecular weight is 935 g/mol. The van der Waals surface area contributed by atoms with Gasteiger partial charge < -0.3 is 99.2 Å². The molecule has 67 heavy (non-hydrogen) atoms. The highest BCUT2D eigenvalue weighted by molar-refractivity contribution is 5.99. The van der Waals surface area contributed by atoms with Crippen molar-refractivity contribution in [2.75, 3.05) is 19.0 Å². The number of hydrogen-bond acceptors (Lipinski definition) is 15. The number of aliphatic hydroxyl groups excluding tert-OH is 1. The number of carbonyl (C=O) groups excluding carboxylic acids is 7. The van der Waals surface area contributed by atoms with Gasteiger partial charge in [-0.25, -0.2) is 20.0 Å². The maximum atomic E-state index is 13.8. The topological polar surface area (TPSA) is 537 Å². The Hall–Kier alpha value is -9.32. The first kappa shape index (κ1) is 53.8. The molecule has 0 saturated heterocycles. The molecule has 0 heterocycles. The van der Waals surface area contributed by atoms with Crippen LogP contribution in [0.2, 0.25) is 0 Å². The number of allylic oxidation sites excluding steroid dienone is 3. The third-order valence-electron chi connectivity index (χ3n) is 7.98. The predicted octanol–water partition coefficient (Wildman–Crippen LogP) is -8.68. The zero-order valence-corrected chi connectivity index (χ0v) is 35.9. The minimum Gasteiger partial charge on any atom is -0.378 e. The zero-order valence-electron chi connectivity index (χ0n) is 35.9. The molecule has 7 atom stereocenters. The predicted molar refractivity (Wildman–Crippen MR) is 247 cm³/mol. The highest BCUT2D eigenvalue weighted by atomic mass is 16.3. The number of benzene rings is 2. The molecule has 0 fully saturated rings. The summed E-state index contributed by atoms with van der Waals surface area (Å²) in [6.45, 7) is 0. The molecule has 30 nitrogen and oxygen atoms in total. The summed E-state index contributed by atoms with van der Waals surface area (Å²) in [7, 11) is 3.85. The van der Waals surface area contributed by atoms with Crippen LogP contribution in [0.3, 0.4) is 0 Å². The Morgan fingerprint density at radius 3 is 1.36 bits per heavy atom. The summed E-state index contributed by atoms with van der Waals surface area (Å²) in [4.78, 5) is 112. The lowest BCUT2D eigenvalue weighted by atomic mass is 10.1. The number of amides is 7. The monoisotopic (exact) mass is 934 g/mol. The van der Waals surface area contributed by atoms with Gasteiger partial charge in [-0.1, -0.05) is 60.7 Å². The summed E-state index contributed by atoms with van der Waals surface area (Å²) in [6.07, 6.45) is -4.50. The van der Waals surface area contributed by atoms with Crippen LogP contribution < -0.4 is 94.1 Å². The van der Waals surface area contributed by atoms with E-state index in [1.165, 1.54) is 30.3 Å². The Labute approximate surface area is 381 Å². The maximum absolute atomic E-state index is 13.8. The molecule has 27 N–H and O–H groups in total. The normalized spacial score (nSPS) is 14.0. The van der Waals surface area contributed by atoms with Crippen molar-refractivity contribution in [3.8, 4) is 0 Å². The molecule has 0 bridgehead atoms. The summed E-state index contributed by atoms with van der Waals surface area (Å²) < 4.78 is 0. The number of nitrogens with zero attached hydrogens (tertiary/aromatic N) is 6. The van der Waals surface area contributed by atoms with E-state index in [9.17, 15) is 38.7 Å². The van der Waals surface area contributed by atoms with Crippen molar-refractivity contribution in [1.82, 2.24) is 31.9 Å². The van der Waals surface area contributed by atoms with E-state index in [1.807, 2.05) is 65.3 Å². The van der Waals surface area contributed by atoms with Gasteiger partial charge in [-0.2, -0.15) is 0 Å².